The monoisotopic (exact) mass is 601 g/mol. The van der Waals surface area contributed by atoms with Gasteiger partial charge >= 0.3 is 0 Å². The number of carbonyl (C=O) groups is 2. The van der Waals surface area contributed by atoms with E-state index in [1.807, 2.05) is 0 Å². The summed E-state index contributed by atoms with van der Waals surface area (Å²) < 4.78 is 0.550. The van der Waals surface area contributed by atoms with Crippen LogP contribution >= 0.6 is 57.9 Å². The minimum Gasteiger partial charge on any atom is -0.384 e. The zero-order valence-electron chi connectivity index (χ0n) is 19.6. The first-order valence-electron chi connectivity index (χ1n) is 11.4. The van der Waals surface area contributed by atoms with Crippen molar-refractivity contribution in [1.82, 2.24) is 10.2 Å². The van der Waals surface area contributed by atoms with Crippen molar-refractivity contribution in [3.8, 4) is 6.07 Å². The van der Waals surface area contributed by atoms with Gasteiger partial charge in [0.15, 0.2) is 15.9 Å². The number of ketones is 2. The maximum atomic E-state index is 13.3. The first-order valence-corrected chi connectivity index (χ1v) is 14.4. The molecule has 0 spiro atoms. The number of benzene rings is 2. The highest BCUT2D eigenvalue weighted by Gasteiger charge is 2.42. The molecule has 1 aromatic heterocycles. The lowest BCUT2D eigenvalue weighted by Crippen LogP contribution is -2.38. The molecule has 2 aliphatic rings. The molecule has 1 unspecified atom stereocenters. The van der Waals surface area contributed by atoms with E-state index in [9.17, 15) is 14.9 Å². The quantitative estimate of drug-likeness (QED) is 0.243. The number of Topliss-reactive ketones (excluding diaryl/α,β-unsaturated/α-hetero) is 2. The highest BCUT2D eigenvalue weighted by atomic mass is 35.5. The molecule has 0 saturated heterocycles. The van der Waals surface area contributed by atoms with E-state index in [2.05, 4.69) is 16.3 Å². The topological polar surface area (TPSA) is 113 Å². The van der Waals surface area contributed by atoms with E-state index < -0.39 is 5.92 Å². The summed E-state index contributed by atoms with van der Waals surface area (Å²) >= 11 is 21.4. The van der Waals surface area contributed by atoms with E-state index >= 15 is 0 Å². The first-order chi connectivity index (χ1) is 18.3. The Morgan fingerprint density at radius 3 is 2.53 bits per heavy atom. The number of halogens is 3. The second kappa shape index (κ2) is 11.1. The van der Waals surface area contributed by atoms with Crippen LogP contribution in [-0.4, -0.2) is 27.5 Å². The third-order valence-corrected chi connectivity index (χ3v) is 9.23. The van der Waals surface area contributed by atoms with E-state index in [4.69, 9.17) is 40.5 Å². The first kappa shape index (κ1) is 26.7. The molecule has 5 rings (SSSR count). The summed E-state index contributed by atoms with van der Waals surface area (Å²) in [6, 6.07) is 13.9. The number of hydrogen-bond acceptors (Lipinski definition) is 9. The summed E-state index contributed by atoms with van der Waals surface area (Å²) in [5.41, 5.74) is 8.88. The Bertz CT molecular complexity index is 1540. The molecule has 0 amide bonds. The molecule has 0 bridgehead atoms. The second-order valence-corrected chi connectivity index (χ2v) is 12.0. The average molecular weight is 603 g/mol. The number of allylic oxidation sites excluding steroid dienone is 3. The molecular weight excluding hydrogens is 585 g/mol. The Balaban J connectivity index is 1.50. The molecule has 3 aromatic rings. The summed E-state index contributed by atoms with van der Waals surface area (Å²) in [6.07, 6.45) is 1.52. The van der Waals surface area contributed by atoms with Crippen molar-refractivity contribution in [2.45, 2.75) is 29.5 Å². The number of nitrogens with zero attached hydrogens (tertiary/aromatic N) is 4. The van der Waals surface area contributed by atoms with E-state index in [1.54, 1.807) is 47.4 Å². The maximum Gasteiger partial charge on any atom is 0.219 e. The Labute approximate surface area is 241 Å². The van der Waals surface area contributed by atoms with Gasteiger partial charge in [0.2, 0.25) is 5.13 Å². The predicted molar refractivity (Wildman–Crippen MR) is 151 cm³/mol. The fourth-order valence-corrected chi connectivity index (χ4v) is 7.09. The fraction of sp³-hybridized carbons (Fsp3) is 0.192. The zero-order valence-corrected chi connectivity index (χ0v) is 23.5. The van der Waals surface area contributed by atoms with Crippen LogP contribution < -0.4 is 10.6 Å². The molecule has 2 heterocycles. The van der Waals surface area contributed by atoms with E-state index in [0.29, 0.717) is 66.2 Å². The molecule has 1 aliphatic carbocycles. The molecule has 1 atom stereocenters. The van der Waals surface area contributed by atoms with Gasteiger partial charge in [-0.25, -0.2) is 0 Å². The minimum absolute atomic E-state index is 0.0742. The van der Waals surface area contributed by atoms with Gasteiger partial charge in [-0.05, 0) is 49.2 Å². The number of anilines is 1. The standard InChI is InChI=1S/C26H18Cl3N5O2S2/c27-14-9-7-13(8-10-14)20(36)12-37-26-33-32-25(38-26)34-18-5-2-6-19(35)23(18)21(15(11-30)24(34)31)22-16(28)3-1-4-17(22)29/h1,3-4,7-10,21H,2,5-6,12,31H2. The molecule has 38 heavy (non-hydrogen) atoms. The van der Waals surface area contributed by atoms with Crippen LogP contribution in [0.15, 0.2) is 69.5 Å². The summed E-state index contributed by atoms with van der Waals surface area (Å²) in [4.78, 5) is 27.5. The van der Waals surface area contributed by atoms with Gasteiger partial charge in [-0.3, -0.25) is 14.5 Å². The lowest BCUT2D eigenvalue weighted by molar-refractivity contribution is -0.116. The van der Waals surface area contributed by atoms with Gasteiger partial charge in [0.05, 0.1) is 23.3 Å². The van der Waals surface area contributed by atoms with Crippen molar-refractivity contribution in [3.05, 3.63) is 91.3 Å². The van der Waals surface area contributed by atoms with Crippen molar-refractivity contribution in [1.29, 1.82) is 5.26 Å². The van der Waals surface area contributed by atoms with E-state index in [-0.39, 0.29) is 28.7 Å². The highest BCUT2D eigenvalue weighted by Crippen LogP contribution is 2.49. The summed E-state index contributed by atoms with van der Waals surface area (Å²) in [6.45, 7) is 0. The van der Waals surface area contributed by atoms with Crippen LogP contribution in [0.3, 0.4) is 0 Å². The Morgan fingerprint density at radius 1 is 1.13 bits per heavy atom. The normalized spacial score (nSPS) is 17.5. The fourth-order valence-electron chi connectivity index (χ4n) is 4.58. The minimum atomic E-state index is -0.779. The summed E-state index contributed by atoms with van der Waals surface area (Å²) in [7, 11) is 0. The van der Waals surface area contributed by atoms with Crippen molar-refractivity contribution in [2.75, 3.05) is 10.7 Å². The summed E-state index contributed by atoms with van der Waals surface area (Å²) in [5.74, 6) is -0.643. The van der Waals surface area contributed by atoms with Gasteiger partial charge in [-0.2, -0.15) is 5.26 Å². The second-order valence-electron chi connectivity index (χ2n) is 8.52. The van der Waals surface area contributed by atoms with Crippen molar-refractivity contribution in [2.24, 2.45) is 5.73 Å². The van der Waals surface area contributed by atoms with Gasteiger partial charge in [-0.15, -0.1) is 10.2 Å². The lowest BCUT2D eigenvalue weighted by Gasteiger charge is -2.38. The van der Waals surface area contributed by atoms with Gasteiger partial charge in [0.1, 0.15) is 5.82 Å². The number of rotatable bonds is 6. The maximum absolute atomic E-state index is 13.3. The van der Waals surface area contributed by atoms with E-state index in [1.165, 1.54) is 23.1 Å². The zero-order chi connectivity index (χ0) is 27.0. The molecule has 0 fully saturated rings. The third-order valence-electron chi connectivity index (χ3n) is 6.28. The van der Waals surface area contributed by atoms with Crippen LogP contribution in [-0.2, 0) is 4.79 Å². The van der Waals surface area contributed by atoms with Gasteiger partial charge in [-0.1, -0.05) is 64.0 Å². The number of thioether (sulfide) groups is 1. The van der Waals surface area contributed by atoms with Crippen LogP contribution in [0.25, 0.3) is 0 Å². The smallest absolute Gasteiger partial charge is 0.219 e. The molecule has 1 aliphatic heterocycles. The SMILES string of the molecule is N#CC1=C(N)N(c2nnc(SCC(=O)c3ccc(Cl)cc3)s2)C2=C(C(=O)CCC2)C1c1c(Cl)cccc1Cl. The lowest BCUT2D eigenvalue weighted by atomic mass is 9.75. The molecule has 7 nitrogen and oxygen atoms in total. The number of nitriles is 1. The number of carbonyl (C=O) groups excluding carboxylic acids is 2. The van der Waals surface area contributed by atoms with Gasteiger partial charge in [0.25, 0.3) is 0 Å². The molecule has 2 N–H and O–H groups in total. The third kappa shape index (κ3) is 4.95. The Morgan fingerprint density at radius 2 is 1.84 bits per heavy atom. The average Bonchev–Trinajstić information content (AvgIpc) is 3.36. The molecule has 0 radical (unpaired) electrons. The number of nitrogens with two attached hydrogens (primary N) is 1. The van der Waals surface area contributed by atoms with Crippen LogP contribution in [0.4, 0.5) is 5.13 Å². The largest absolute Gasteiger partial charge is 0.384 e. The number of hydrogen-bond donors (Lipinski definition) is 1. The van der Waals surface area contributed by atoms with Crippen molar-refractivity contribution < 1.29 is 9.59 Å². The Hall–Kier alpha value is -2.87. The predicted octanol–water partition coefficient (Wildman–Crippen LogP) is 6.78. The molecule has 0 saturated carbocycles. The summed E-state index contributed by atoms with van der Waals surface area (Å²) in [5, 5.41) is 20.4. The Kier molecular flexibility index (Phi) is 7.80. The molecule has 2 aromatic carbocycles. The van der Waals surface area contributed by atoms with Gasteiger partial charge < -0.3 is 5.73 Å². The van der Waals surface area contributed by atoms with Crippen LogP contribution in [0, 0.1) is 11.3 Å². The van der Waals surface area contributed by atoms with Crippen LogP contribution in [0.2, 0.25) is 15.1 Å². The molecular formula is C26H18Cl3N5O2S2. The van der Waals surface area contributed by atoms with Crippen molar-refractivity contribution >= 4 is 74.6 Å². The van der Waals surface area contributed by atoms with E-state index in [0.717, 1.165) is 0 Å². The van der Waals surface area contributed by atoms with Crippen LogP contribution in [0.1, 0.15) is 41.1 Å². The molecule has 192 valence electrons. The number of aromatic nitrogens is 2. The molecule has 12 heteroatoms. The highest BCUT2D eigenvalue weighted by molar-refractivity contribution is 8.01. The van der Waals surface area contributed by atoms with Crippen LogP contribution in [0.5, 0.6) is 0 Å². The van der Waals surface area contributed by atoms with Crippen molar-refractivity contribution in [3.63, 3.8) is 0 Å². The van der Waals surface area contributed by atoms with Gasteiger partial charge in [0, 0.05) is 43.9 Å².